The Morgan fingerprint density at radius 3 is 2.24 bits per heavy atom. The molecule has 1 aliphatic heterocycles. The van der Waals surface area contributed by atoms with Crippen molar-refractivity contribution in [2.75, 3.05) is 38.5 Å². The number of rotatable bonds is 15. The maximum Gasteiger partial charge on any atom is 0.313 e. The van der Waals surface area contributed by atoms with Gasteiger partial charge in [0.2, 0.25) is 0 Å². The Labute approximate surface area is 268 Å². The van der Waals surface area contributed by atoms with Crippen LogP contribution in [0.5, 0.6) is 0 Å². The van der Waals surface area contributed by atoms with Crippen LogP contribution in [0.15, 0.2) is 59.8 Å². The molecule has 3 heterocycles. The first kappa shape index (κ1) is 33.3. The van der Waals surface area contributed by atoms with Gasteiger partial charge in [-0.1, -0.05) is 71.9 Å². The van der Waals surface area contributed by atoms with E-state index >= 15 is 0 Å². The number of hydrogen-bond acceptors (Lipinski definition) is 11. The predicted octanol–water partition coefficient (Wildman–Crippen LogP) is 1.58. The molecule has 0 radical (unpaired) electrons. The second kappa shape index (κ2) is 15.0. The van der Waals surface area contributed by atoms with Crippen molar-refractivity contribution >= 4 is 40.5 Å². The van der Waals surface area contributed by atoms with Gasteiger partial charge in [0, 0.05) is 38.3 Å². The molecule has 14 heteroatoms. The molecule has 0 saturated carbocycles. The Bertz CT molecular complexity index is 1580. The minimum Gasteiger partial charge on any atom is -0.481 e. The Hall–Kier alpha value is -3.11. The second-order valence-corrected chi connectivity index (χ2v) is 12.6. The SMILES string of the molecule is O=C(O)CSc1nc2nc(-c3ccc(-c4ccc(CN5CC(CNCC(O)C(O)C(O)C(O)CO)C5)cc4)cc3)c(Cl)cc2[nH]1. The number of aromatic nitrogens is 3. The minimum atomic E-state index is -1.62. The summed E-state index contributed by atoms with van der Waals surface area (Å²) in [7, 11) is 0. The van der Waals surface area contributed by atoms with Gasteiger partial charge in [-0.15, -0.1) is 0 Å². The monoisotopic (exact) mass is 657 g/mol. The molecule has 4 atom stereocenters. The molecule has 8 N–H and O–H groups in total. The highest BCUT2D eigenvalue weighted by Crippen LogP contribution is 2.31. The van der Waals surface area contributed by atoms with E-state index in [9.17, 15) is 25.2 Å². The first-order valence-corrected chi connectivity index (χ1v) is 15.8. The molecule has 0 bridgehead atoms. The van der Waals surface area contributed by atoms with Crippen molar-refractivity contribution in [2.24, 2.45) is 5.92 Å². The lowest BCUT2D eigenvalue weighted by Gasteiger charge is -2.39. The summed E-state index contributed by atoms with van der Waals surface area (Å²) in [6.07, 6.45) is -5.95. The molecule has 4 aromatic rings. The molecule has 4 unspecified atom stereocenters. The number of pyridine rings is 1. The number of carbonyl (C=O) groups is 1. The van der Waals surface area contributed by atoms with Crippen molar-refractivity contribution < 1.29 is 35.4 Å². The summed E-state index contributed by atoms with van der Waals surface area (Å²) < 4.78 is 0. The van der Waals surface area contributed by atoms with Crippen molar-refractivity contribution in [3.63, 3.8) is 0 Å². The number of carboxylic acids is 1. The molecule has 0 aliphatic carbocycles. The number of aliphatic hydroxyl groups is 5. The molecule has 240 valence electrons. The summed E-state index contributed by atoms with van der Waals surface area (Å²) in [5.41, 5.74) is 5.88. The van der Waals surface area contributed by atoms with Gasteiger partial charge in [0.25, 0.3) is 0 Å². The van der Waals surface area contributed by atoms with Crippen LogP contribution in [0.2, 0.25) is 5.02 Å². The zero-order chi connectivity index (χ0) is 32.1. The van der Waals surface area contributed by atoms with Gasteiger partial charge in [-0.2, -0.15) is 0 Å². The van der Waals surface area contributed by atoms with Gasteiger partial charge in [0.05, 0.1) is 34.7 Å². The van der Waals surface area contributed by atoms with Crippen LogP contribution in [0.3, 0.4) is 0 Å². The largest absolute Gasteiger partial charge is 0.481 e. The molecule has 2 aromatic heterocycles. The summed E-state index contributed by atoms with van der Waals surface area (Å²) in [6, 6.07) is 18.1. The summed E-state index contributed by atoms with van der Waals surface area (Å²) in [5, 5.41) is 60.9. The number of halogens is 1. The van der Waals surface area contributed by atoms with Crippen LogP contribution in [0, 0.1) is 5.92 Å². The van der Waals surface area contributed by atoms with Crippen LogP contribution in [0.25, 0.3) is 33.5 Å². The summed E-state index contributed by atoms with van der Waals surface area (Å²) in [6.45, 7) is 2.62. The van der Waals surface area contributed by atoms with Crippen LogP contribution >= 0.6 is 23.4 Å². The lowest BCUT2D eigenvalue weighted by molar-refractivity contribution is -0.133. The average molecular weight is 658 g/mol. The second-order valence-electron chi connectivity index (χ2n) is 11.2. The topological polar surface area (TPSA) is 195 Å². The van der Waals surface area contributed by atoms with Gasteiger partial charge in [-0.05, 0) is 28.7 Å². The van der Waals surface area contributed by atoms with Gasteiger partial charge in [-0.25, -0.2) is 9.97 Å². The highest BCUT2D eigenvalue weighted by molar-refractivity contribution is 7.99. The maximum absolute atomic E-state index is 10.9. The number of H-pyrrole nitrogens is 1. The molecular weight excluding hydrogens is 622 g/mol. The van der Waals surface area contributed by atoms with Crippen LogP contribution < -0.4 is 5.32 Å². The summed E-state index contributed by atoms with van der Waals surface area (Å²) >= 11 is 7.62. The van der Waals surface area contributed by atoms with Crippen molar-refractivity contribution in [1.82, 2.24) is 25.2 Å². The quantitative estimate of drug-likeness (QED) is 0.0861. The molecule has 1 saturated heterocycles. The zero-order valence-corrected chi connectivity index (χ0v) is 25.8. The molecule has 1 aliphatic rings. The predicted molar refractivity (Wildman–Crippen MR) is 171 cm³/mol. The van der Waals surface area contributed by atoms with E-state index < -0.39 is 37.0 Å². The van der Waals surface area contributed by atoms with E-state index in [2.05, 4.69) is 49.4 Å². The van der Waals surface area contributed by atoms with Crippen molar-refractivity contribution in [1.29, 1.82) is 0 Å². The molecular formula is C31H36ClN5O7S. The number of carboxylic acid groups (broad SMARTS) is 1. The molecule has 5 rings (SSSR count). The number of likely N-dealkylation sites (tertiary alicyclic amines) is 1. The van der Waals surface area contributed by atoms with Gasteiger partial charge < -0.3 is 40.9 Å². The highest BCUT2D eigenvalue weighted by Gasteiger charge is 2.31. The van der Waals surface area contributed by atoms with Crippen LogP contribution in [0.1, 0.15) is 5.56 Å². The van der Waals surface area contributed by atoms with E-state index in [4.69, 9.17) is 21.8 Å². The smallest absolute Gasteiger partial charge is 0.313 e. The van der Waals surface area contributed by atoms with Crippen LogP contribution in [-0.2, 0) is 11.3 Å². The normalized spacial score (nSPS) is 16.8. The molecule has 1 fully saturated rings. The molecule has 12 nitrogen and oxygen atoms in total. The molecule has 0 spiro atoms. The minimum absolute atomic E-state index is 0.0640. The average Bonchev–Trinajstić information content (AvgIpc) is 3.42. The third-order valence-corrected chi connectivity index (χ3v) is 8.88. The van der Waals surface area contributed by atoms with Crippen LogP contribution in [0.4, 0.5) is 0 Å². The third kappa shape index (κ3) is 8.38. The Kier molecular flexibility index (Phi) is 11.1. The highest BCUT2D eigenvalue weighted by atomic mass is 35.5. The van der Waals surface area contributed by atoms with E-state index in [1.165, 1.54) is 5.56 Å². The molecule has 2 aromatic carbocycles. The van der Waals surface area contributed by atoms with Gasteiger partial charge in [-0.3, -0.25) is 9.69 Å². The Balaban J connectivity index is 1.09. The number of aliphatic carboxylic acids is 1. The van der Waals surface area contributed by atoms with Crippen molar-refractivity contribution in [3.8, 4) is 22.4 Å². The number of benzene rings is 2. The van der Waals surface area contributed by atoms with E-state index in [0.29, 0.717) is 39.5 Å². The standard InChI is InChI=1S/C31H36ClN5O7S/c32-22-9-23-30(36-31(34-23)45-16-26(41)42)35-27(22)21-7-5-20(6-8-21)19-3-1-17(2-4-19)12-37-13-18(14-37)10-33-11-24(39)28(43)29(44)25(40)15-38/h1-9,18,24-25,28-29,33,38-40,43-44H,10-16H2,(H,41,42)(H,34,35,36). The number of nitrogens with zero attached hydrogens (tertiary/aromatic N) is 3. The van der Waals surface area contributed by atoms with E-state index in [1.54, 1.807) is 6.07 Å². The first-order chi connectivity index (χ1) is 21.6. The van der Waals surface area contributed by atoms with Crippen LogP contribution in [-0.4, -0.2) is 119 Å². The lowest BCUT2D eigenvalue weighted by Crippen LogP contribution is -2.52. The number of hydrogen-bond donors (Lipinski definition) is 8. The van der Waals surface area contributed by atoms with Gasteiger partial charge in [0.15, 0.2) is 10.8 Å². The van der Waals surface area contributed by atoms with Gasteiger partial charge in [0.1, 0.15) is 18.3 Å². The Morgan fingerprint density at radius 2 is 1.60 bits per heavy atom. The lowest BCUT2D eigenvalue weighted by atomic mass is 9.97. The molecule has 45 heavy (non-hydrogen) atoms. The third-order valence-electron chi connectivity index (χ3n) is 7.73. The molecule has 0 amide bonds. The van der Waals surface area contributed by atoms with Crippen molar-refractivity contribution in [3.05, 3.63) is 65.2 Å². The Morgan fingerprint density at radius 1 is 0.978 bits per heavy atom. The van der Waals surface area contributed by atoms with E-state index in [0.717, 1.165) is 48.1 Å². The number of nitrogens with one attached hydrogen (secondary N) is 2. The fourth-order valence-corrected chi connectivity index (χ4v) is 6.09. The summed E-state index contributed by atoms with van der Waals surface area (Å²) in [4.78, 5) is 25.2. The number of aliphatic hydroxyl groups excluding tert-OH is 5. The van der Waals surface area contributed by atoms with Gasteiger partial charge >= 0.3 is 5.97 Å². The fourth-order valence-electron chi connectivity index (χ4n) is 5.23. The van der Waals surface area contributed by atoms with E-state index in [1.807, 2.05) is 24.3 Å². The number of imidazole rings is 1. The first-order valence-electron chi connectivity index (χ1n) is 14.5. The summed E-state index contributed by atoms with van der Waals surface area (Å²) in [5.74, 6) is -0.628. The number of aromatic amines is 1. The fraction of sp³-hybridized carbons (Fsp3) is 0.387. The maximum atomic E-state index is 10.9. The zero-order valence-electron chi connectivity index (χ0n) is 24.3. The van der Waals surface area contributed by atoms with Crippen molar-refractivity contribution in [2.45, 2.75) is 36.1 Å². The number of thioether (sulfide) groups is 1. The van der Waals surface area contributed by atoms with E-state index in [-0.39, 0.29) is 12.3 Å². The number of fused-ring (bicyclic) bond motifs is 1.